The molecule has 0 bridgehead atoms. The van der Waals surface area contributed by atoms with Crippen molar-refractivity contribution in [2.24, 2.45) is 0 Å². The third-order valence-electron chi connectivity index (χ3n) is 3.38. The molecule has 0 unspecified atom stereocenters. The van der Waals surface area contributed by atoms with Crippen LogP contribution < -0.4 is 9.47 Å². The Bertz CT molecular complexity index is 1010. The van der Waals surface area contributed by atoms with Gasteiger partial charge >= 0.3 is 0 Å². The summed E-state index contributed by atoms with van der Waals surface area (Å²) < 4.78 is 10.2. The van der Waals surface area contributed by atoms with Crippen molar-refractivity contribution in [3.63, 3.8) is 0 Å². The Morgan fingerprint density at radius 3 is 1.93 bits per heavy atom. The molecule has 8 nitrogen and oxygen atoms in total. The molecule has 0 radical (unpaired) electrons. The lowest BCUT2D eigenvalue weighted by Crippen LogP contribution is -1.94. The van der Waals surface area contributed by atoms with Crippen molar-refractivity contribution in [1.82, 2.24) is 0 Å². The standard InChI is InChI=1S/C9H5BrN2O2.C9H7BrO4/c2*1-14-7-2-5(3-11)8(10)6(4-12)9(7)13/h2,13H,1H3;2-4,13H,1H3. The molecule has 2 aromatic carbocycles. The van der Waals surface area contributed by atoms with Crippen LogP contribution in [0.25, 0.3) is 0 Å². The number of rotatable bonds is 4. The summed E-state index contributed by atoms with van der Waals surface area (Å²) in [7, 11) is 2.69. The van der Waals surface area contributed by atoms with Crippen LogP contribution in [0.1, 0.15) is 31.8 Å². The summed E-state index contributed by atoms with van der Waals surface area (Å²) in [5.74, 6) is -0.334. The van der Waals surface area contributed by atoms with E-state index in [1.54, 1.807) is 6.07 Å². The van der Waals surface area contributed by atoms with Crippen LogP contribution in [0.4, 0.5) is 0 Å². The molecule has 0 aliphatic rings. The molecule has 144 valence electrons. The number of ether oxygens (including phenoxy) is 2. The predicted octanol–water partition coefficient (Wildman–Crippen LogP) is 3.69. The summed E-state index contributed by atoms with van der Waals surface area (Å²) >= 11 is 6.09. The molecule has 2 N–H and O–H groups in total. The number of nitrogens with zero attached hydrogens (tertiary/aromatic N) is 2. The largest absolute Gasteiger partial charge is 0.504 e. The van der Waals surface area contributed by atoms with Crippen molar-refractivity contribution in [3.05, 3.63) is 43.3 Å². The molecule has 0 saturated heterocycles. The van der Waals surface area contributed by atoms with Gasteiger partial charge in [0.05, 0.1) is 29.8 Å². The fourth-order valence-electron chi connectivity index (χ4n) is 1.98. The van der Waals surface area contributed by atoms with Crippen LogP contribution in [0.15, 0.2) is 21.1 Å². The Labute approximate surface area is 176 Å². The molecule has 2 rings (SSSR count). The molecule has 0 heterocycles. The third kappa shape index (κ3) is 4.60. The second-order valence-corrected chi connectivity index (χ2v) is 6.45. The number of hydrogen-bond donors (Lipinski definition) is 2. The van der Waals surface area contributed by atoms with E-state index in [4.69, 9.17) is 20.0 Å². The smallest absolute Gasteiger partial charge is 0.177 e. The van der Waals surface area contributed by atoms with Crippen LogP contribution in [-0.4, -0.2) is 37.0 Å². The second-order valence-electron chi connectivity index (χ2n) is 4.87. The average Bonchev–Trinajstić information content (AvgIpc) is 2.70. The number of benzene rings is 2. The lowest BCUT2D eigenvalue weighted by molar-refractivity contribution is 0.111. The summed E-state index contributed by atoms with van der Waals surface area (Å²) in [4.78, 5) is 21.2. The van der Waals surface area contributed by atoms with Gasteiger partial charge in [0.1, 0.15) is 17.7 Å². The number of aromatic hydroxyl groups is 2. The number of halogens is 2. The van der Waals surface area contributed by atoms with Gasteiger partial charge in [-0.2, -0.15) is 10.5 Å². The molecule has 0 aromatic heterocycles. The maximum Gasteiger partial charge on any atom is 0.177 e. The quantitative estimate of drug-likeness (QED) is 0.592. The molecule has 0 fully saturated rings. The van der Waals surface area contributed by atoms with Gasteiger partial charge in [-0.1, -0.05) is 0 Å². The topological polar surface area (TPSA) is 141 Å². The highest BCUT2D eigenvalue weighted by Crippen LogP contribution is 2.37. The zero-order valence-corrected chi connectivity index (χ0v) is 17.7. The lowest BCUT2D eigenvalue weighted by Gasteiger charge is -2.08. The molecule has 0 amide bonds. The zero-order chi connectivity index (χ0) is 21.4. The molecule has 0 spiro atoms. The number of hydrogen-bond acceptors (Lipinski definition) is 8. The molecule has 10 heteroatoms. The Kier molecular flexibility index (Phi) is 8.45. The van der Waals surface area contributed by atoms with Crippen molar-refractivity contribution < 1.29 is 29.3 Å². The van der Waals surface area contributed by atoms with E-state index in [2.05, 4.69) is 31.9 Å². The van der Waals surface area contributed by atoms with Gasteiger partial charge in [0.25, 0.3) is 0 Å². The molecular formula is C18H12Br2N2O6. The first-order valence-corrected chi connectivity index (χ1v) is 8.79. The normalized spacial score (nSPS) is 9.21. The highest BCUT2D eigenvalue weighted by Gasteiger charge is 2.16. The Balaban J connectivity index is 0.000000280. The highest BCUT2D eigenvalue weighted by molar-refractivity contribution is 9.11. The minimum atomic E-state index is -0.278. The predicted molar refractivity (Wildman–Crippen MR) is 105 cm³/mol. The second kappa shape index (κ2) is 10.3. The highest BCUT2D eigenvalue weighted by atomic mass is 79.9. The third-order valence-corrected chi connectivity index (χ3v) is 5.09. The molecule has 0 atom stereocenters. The first-order valence-electron chi connectivity index (χ1n) is 7.20. The van der Waals surface area contributed by atoms with Crippen molar-refractivity contribution in [3.8, 4) is 35.1 Å². The van der Waals surface area contributed by atoms with E-state index < -0.39 is 0 Å². The summed E-state index contributed by atoms with van der Waals surface area (Å²) in [5.41, 5.74) is 0.505. The van der Waals surface area contributed by atoms with Gasteiger partial charge in [0.15, 0.2) is 35.6 Å². The van der Waals surface area contributed by atoms with E-state index in [1.807, 2.05) is 6.07 Å². The Morgan fingerprint density at radius 1 is 0.929 bits per heavy atom. The summed E-state index contributed by atoms with van der Waals surface area (Å²) in [6.45, 7) is 0. The average molecular weight is 512 g/mol. The minimum Gasteiger partial charge on any atom is -0.504 e. The van der Waals surface area contributed by atoms with Gasteiger partial charge in [0, 0.05) is 16.1 Å². The van der Waals surface area contributed by atoms with Crippen LogP contribution in [0.3, 0.4) is 0 Å². The van der Waals surface area contributed by atoms with Gasteiger partial charge < -0.3 is 19.7 Å². The maximum atomic E-state index is 10.6. The SMILES string of the molecule is COc1cc(C#N)c(Br)c(C#N)c1O.COc1cc(C=O)c(Br)c(C=O)c1O. The molecule has 0 aliphatic heterocycles. The van der Waals surface area contributed by atoms with Gasteiger partial charge in [-0.15, -0.1) is 0 Å². The Morgan fingerprint density at radius 2 is 1.50 bits per heavy atom. The lowest BCUT2D eigenvalue weighted by atomic mass is 10.1. The van der Waals surface area contributed by atoms with Gasteiger partial charge in [-0.25, -0.2) is 0 Å². The molecular weight excluding hydrogens is 500 g/mol. The van der Waals surface area contributed by atoms with Crippen LogP contribution in [0.2, 0.25) is 0 Å². The maximum absolute atomic E-state index is 10.6. The van der Waals surface area contributed by atoms with E-state index in [-0.39, 0.29) is 54.2 Å². The van der Waals surface area contributed by atoms with E-state index in [0.29, 0.717) is 12.6 Å². The number of phenolic OH excluding ortho intramolecular Hbond substituents is 2. The van der Waals surface area contributed by atoms with E-state index in [0.717, 1.165) is 0 Å². The van der Waals surface area contributed by atoms with E-state index in [1.165, 1.54) is 26.4 Å². The Hall–Kier alpha value is -3.08. The first kappa shape index (κ1) is 23.0. The molecule has 0 aliphatic carbocycles. The fourth-order valence-corrected chi connectivity index (χ4v) is 2.95. The number of carbonyl (C=O) groups is 2. The zero-order valence-electron chi connectivity index (χ0n) is 14.5. The molecule has 0 saturated carbocycles. The summed E-state index contributed by atoms with van der Waals surface area (Å²) in [6.07, 6.45) is 1.02. The van der Waals surface area contributed by atoms with Gasteiger partial charge in [-0.05, 0) is 37.9 Å². The first-order chi connectivity index (χ1) is 13.3. The van der Waals surface area contributed by atoms with Crippen molar-refractivity contribution in [2.45, 2.75) is 0 Å². The fraction of sp³-hybridized carbons (Fsp3) is 0.111. The van der Waals surface area contributed by atoms with Crippen molar-refractivity contribution >= 4 is 44.4 Å². The van der Waals surface area contributed by atoms with Crippen molar-refractivity contribution in [1.29, 1.82) is 10.5 Å². The van der Waals surface area contributed by atoms with E-state index >= 15 is 0 Å². The monoisotopic (exact) mass is 510 g/mol. The number of methoxy groups -OCH3 is 2. The molecule has 28 heavy (non-hydrogen) atoms. The van der Waals surface area contributed by atoms with E-state index in [9.17, 15) is 19.8 Å². The number of phenols is 2. The van der Waals surface area contributed by atoms with Crippen molar-refractivity contribution in [2.75, 3.05) is 14.2 Å². The number of carbonyl (C=O) groups excluding carboxylic acids is 2. The minimum absolute atomic E-state index is 0.000833. The number of nitriles is 2. The number of aldehydes is 2. The van der Waals surface area contributed by atoms with Crippen LogP contribution in [0.5, 0.6) is 23.0 Å². The summed E-state index contributed by atoms with van der Waals surface area (Å²) in [6, 6.07) is 6.38. The van der Waals surface area contributed by atoms with Gasteiger partial charge in [0.2, 0.25) is 0 Å². The van der Waals surface area contributed by atoms with Crippen LogP contribution >= 0.6 is 31.9 Å². The van der Waals surface area contributed by atoms with Gasteiger partial charge in [-0.3, -0.25) is 9.59 Å². The van der Waals surface area contributed by atoms with Crippen LogP contribution in [-0.2, 0) is 0 Å². The van der Waals surface area contributed by atoms with Crippen LogP contribution in [0, 0.1) is 22.7 Å². The molecule has 2 aromatic rings. The summed E-state index contributed by atoms with van der Waals surface area (Å²) in [5, 5.41) is 36.4.